The average Bonchev–Trinajstić information content (AvgIpc) is 2.97. The van der Waals surface area contributed by atoms with E-state index in [0.29, 0.717) is 11.4 Å². The second kappa shape index (κ2) is 7.86. The molecule has 2 amide bonds. The van der Waals surface area contributed by atoms with Crippen molar-refractivity contribution in [1.82, 2.24) is 15.0 Å². The summed E-state index contributed by atoms with van der Waals surface area (Å²) in [6.45, 7) is 3.24. The largest absolute Gasteiger partial charge is 0.461 e. The Bertz CT molecular complexity index is 739. The van der Waals surface area contributed by atoms with Gasteiger partial charge >= 0.3 is 5.97 Å². The van der Waals surface area contributed by atoms with Crippen molar-refractivity contribution < 1.29 is 19.1 Å². The van der Waals surface area contributed by atoms with Crippen molar-refractivity contribution in [2.45, 2.75) is 20.4 Å². The fourth-order valence-electron chi connectivity index (χ4n) is 1.86. The van der Waals surface area contributed by atoms with E-state index in [2.05, 4.69) is 20.9 Å². The number of hydrogen-bond acceptors (Lipinski definition) is 6. The number of nitrogens with zero attached hydrogens (tertiary/aromatic N) is 3. The Morgan fingerprint density at radius 3 is 2.33 bits per heavy atom. The number of aromatic nitrogens is 3. The van der Waals surface area contributed by atoms with E-state index in [0.717, 1.165) is 0 Å². The van der Waals surface area contributed by atoms with Gasteiger partial charge in [0.15, 0.2) is 5.69 Å². The predicted octanol–water partition coefficient (Wildman–Crippen LogP) is 1.05. The lowest BCUT2D eigenvalue weighted by Crippen LogP contribution is -2.19. The minimum absolute atomic E-state index is 0.0457. The Hall–Kier alpha value is -3.23. The Labute approximate surface area is 138 Å². The summed E-state index contributed by atoms with van der Waals surface area (Å²) in [5.74, 6) is -1.09. The highest BCUT2D eigenvalue weighted by atomic mass is 16.5. The van der Waals surface area contributed by atoms with Gasteiger partial charge in [-0.15, -0.1) is 5.10 Å². The first-order valence-electron chi connectivity index (χ1n) is 7.22. The maximum atomic E-state index is 12.0. The summed E-state index contributed by atoms with van der Waals surface area (Å²) in [6.07, 6.45) is 1.34. The predicted molar refractivity (Wildman–Crippen MR) is 85.4 cm³/mol. The van der Waals surface area contributed by atoms with Crippen molar-refractivity contribution in [3.05, 3.63) is 36.2 Å². The molecule has 0 aliphatic heterocycles. The number of anilines is 2. The summed E-state index contributed by atoms with van der Waals surface area (Å²) in [7, 11) is 0. The minimum atomic E-state index is -0.585. The molecule has 2 aromatic rings. The highest BCUT2D eigenvalue weighted by Gasteiger charge is 2.13. The Kier molecular flexibility index (Phi) is 5.61. The molecule has 126 valence electrons. The van der Waals surface area contributed by atoms with Crippen LogP contribution in [0.4, 0.5) is 11.4 Å². The summed E-state index contributed by atoms with van der Waals surface area (Å²) < 4.78 is 6.04. The standard InChI is InChI=1S/C15H17N5O4/c1-3-24-15(23)13-8-20(19-18-13)9-14(22)17-12-6-4-11(5-7-12)16-10(2)21/h4-8H,3,9H2,1-2H3,(H,16,21)(H,17,22). The van der Waals surface area contributed by atoms with E-state index in [1.54, 1.807) is 31.2 Å². The molecule has 9 nitrogen and oxygen atoms in total. The quantitative estimate of drug-likeness (QED) is 0.765. The summed E-state index contributed by atoms with van der Waals surface area (Å²) in [5.41, 5.74) is 1.25. The summed E-state index contributed by atoms with van der Waals surface area (Å²) >= 11 is 0. The van der Waals surface area contributed by atoms with Gasteiger partial charge in [-0.05, 0) is 31.2 Å². The van der Waals surface area contributed by atoms with Gasteiger partial charge in [-0.3, -0.25) is 9.59 Å². The molecule has 0 aliphatic rings. The highest BCUT2D eigenvalue weighted by Crippen LogP contribution is 2.13. The van der Waals surface area contributed by atoms with Gasteiger partial charge in [0.05, 0.1) is 12.8 Å². The topological polar surface area (TPSA) is 115 Å². The van der Waals surface area contributed by atoms with E-state index >= 15 is 0 Å². The zero-order valence-electron chi connectivity index (χ0n) is 13.3. The number of hydrogen-bond donors (Lipinski definition) is 2. The van der Waals surface area contributed by atoms with Crippen molar-refractivity contribution in [3.8, 4) is 0 Å². The number of benzene rings is 1. The highest BCUT2D eigenvalue weighted by molar-refractivity contribution is 5.92. The van der Waals surface area contributed by atoms with Crippen LogP contribution in [0.25, 0.3) is 0 Å². The lowest BCUT2D eigenvalue weighted by molar-refractivity contribution is -0.117. The third-order valence-corrected chi connectivity index (χ3v) is 2.82. The maximum absolute atomic E-state index is 12.0. The number of esters is 1. The second-order valence-corrected chi connectivity index (χ2v) is 4.83. The van der Waals surface area contributed by atoms with Crippen LogP contribution in [0.3, 0.4) is 0 Å². The van der Waals surface area contributed by atoms with E-state index in [4.69, 9.17) is 4.74 Å². The van der Waals surface area contributed by atoms with Crippen LogP contribution in [0.5, 0.6) is 0 Å². The van der Waals surface area contributed by atoms with E-state index < -0.39 is 5.97 Å². The van der Waals surface area contributed by atoms with E-state index in [-0.39, 0.29) is 30.7 Å². The zero-order chi connectivity index (χ0) is 17.5. The molecule has 0 bridgehead atoms. The molecule has 0 saturated carbocycles. The molecule has 0 aliphatic carbocycles. The number of carbonyl (C=O) groups is 3. The fraction of sp³-hybridized carbons (Fsp3) is 0.267. The van der Waals surface area contributed by atoms with Gasteiger partial charge in [0.2, 0.25) is 11.8 Å². The summed E-state index contributed by atoms with van der Waals surface area (Å²) in [4.78, 5) is 34.4. The first kappa shape index (κ1) is 17.1. The molecular weight excluding hydrogens is 314 g/mol. The number of carbonyl (C=O) groups excluding carboxylic acids is 3. The van der Waals surface area contributed by atoms with E-state index in [1.807, 2.05) is 0 Å². The van der Waals surface area contributed by atoms with Gasteiger partial charge in [0.25, 0.3) is 0 Å². The van der Waals surface area contributed by atoms with Gasteiger partial charge in [-0.2, -0.15) is 0 Å². The third kappa shape index (κ3) is 4.90. The molecule has 2 rings (SSSR count). The minimum Gasteiger partial charge on any atom is -0.461 e. The smallest absolute Gasteiger partial charge is 0.360 e. The molecule has 0 fully saturated rings. The zero-order valence-corrected chi connectivity index (χ0v) is 13.3. The number of rotatable bonds is 6. The van der Waals surface area contributed by atoms with Crippen LogP contribution in [-0.4, -0.2) is 39.4 Å². The van der Waals surface area contributed by atoms with Crippen LogP contribution < -0.4 is 10.6 Å². The van der Waals surface area contributed by atoms with Gasteiger partial charge in [-0.25, -0.2) is 9.48 Å². The first-order chi connectivity index (χ1) is 11.5. The molecular formula is C15H17N5O4. The Morgan fingerprint density at radius 2 is 1.75 bits per heavy atom. The second-order valence-electron chi connectivity index (χ2n) is 4.83. The fourth-order valence-corrected chi connectivity index (χ4v) is 1.86. The number of ether oxygens (including phenoxy) is 1. The molecule has 0 saturated heterocycles. The van der Waals surface area contributed by atoms with Gasteiger partial charge < -0.3 is 15.4 Å². The van der Waals surface area contributed by atoms with Gasteiger partial charge in [0.1, 0.15) is 6.54 Å². The summed E-state index contributed by atoms with van der Waals surface area (Å²) in [6, 6.07) is 6.67. The normalized spacial score (nSPS) is 10.1. The van der Waals surface area contributed by atoms with Gasteiger partial charge in [-0.1, -0.05) is 5.21 Å². The number of amides is 2. The molecule has 1 heterocycles. The molecule has 0 atom stereocenters. The molecule has 9 heteroatoms. The van der Waals surface area contributed by atoms with Gasteiger partial charge in [0, 0.05) is 18.3 Å². The van der Waals surface area contributed by atoms with Crippen molar-refractivity contribution in [2.24, 2.45) is 0 Å². The van der Waals surface area contributed by atoms with Crippen molar-refractivity contribution >= 4 is 29.2 Å². The van der Waals surface area contributed by atoms with Crippen LogP contribution in [0.1, 0.15) is 24.3 Å². The monoisotopic (exact) mass is 331 g/mol. The van der Waals surface area contributed by atoms with Crippen molar-refractivity contribution in [1.29, 1.82) is 0 Å². The Morgan fingerprint density at radius 1 is 1.12 bits per heavy atom. The van der Waals surface area contributed by atoms with E-state index in [1.165, 1.54) is 17.8 Å². The molecule has 1 aromatic heterocycles. The average molecular weight is 331 g/mol. The lowest BCUT2D eigenvalue weighted by atomic mass is 10.2. The first-order valence-corrected chi connectivity index (χ1v) is 7.22. The molecule has 0 radical (unpaired) electrons. The summed E-state index contributed by atoms with van der Waals surface area (Å²) in [5, 5.41) is 12.7. The van der Waals surface area contributed by atoms with Crippen molar-refractivity contribution in [2.75, 3.05) is 17.2 Å². The SMILES string of the molecule is CCOC(=O)c1cn(CC(=O)Nc2ccc(NC(C)=O)cc2)nn1. The molecule has 2 N–H and O–H groups in total. The molecule has 0 unspecified atom stereocenters. The Balaban J connectivity index is 1.91. The molecule has 24 heavy (non-hydrogen) atoms. The van der Waals surface area contributed by atoms with Crippen LogP contribution in [-0.2, 0) is 20.9 Å². The van der Waals surface area contributed by atoms with Crippen LogP contribution in [0, 0.1) is 0 Å². The lowest BCUT2D eigenvalue weighted by Gasteiger charge is -2.06. The van der Waals surface area contributed by atoms with Crippen LogP contribution in [0.2, 0.25) is 0 Å². The van der Waals surface area contributed by atoms with Crippen LogP contribution in [0.15, 0.2) is 30.5 Å². The van der Waals surface area contributed by atoms with Crippen molar-refractivity contribution in [3.63, 3.8) is 0 Å². The maximum Gasteiger partial charge on any atom is 0.360 e. The molecule has 0 spiro atoms. The van der Waals surface area contributed by atoms with Crippen LogP contribution >= 0.6 is 0 Å². The third-order valence-electron chi connectivity index (χ3n) is 2.82. The van der Waals surface area contributed by atoms with E-state index in [9.17, 15) is 14.4 Å². The molecule has 1 aromatic carbocycles. The number of nitrogens with one attached hydrogen (secondary N) is 2.